The number of carbonyl (C=O) groups is 5. The average Bonchev–Trinajstić information content (AvgIpc) is 4.03. The third-order valence-corrected chi connectivity index (χ3v) is 12.6. The maximum absolute atomic E-state index is 15.2. The van der Waals surface area contributed by atoms with Crippen molar-refractivity contribution < 1.29 is 42.6 Å². The number of nitrogens with one attached hydrogen (secondary N) is 3. The maximum atomic E-state index is 15.2. The Balaban J connectivity index is 1.20. The quantitative estimate of drug-likeness (QED) is 0.0615. The van der Waals surface area contributed by atoms with Crippen LogP contribution in [0.25, 0.3) is 11.2 Å². The average molecular weight is 1080 g/mol. The zero-order chi connectivity index (χ0) is 56.9. The van der Waals surface area contributed by atoms with Gasteiger partial charge >= 0.3 is 17.9 Å². The smallest absolute Gasteiger partial charge is 0.320 e. The van der Waals surface area contributed by atoms with Crippen LogP contribution < -0.4 is 20.9 Å². The summed E-state index contributed by atoms with van der Waals surface area (Å²) in [6, 6.07) is -0.740. The van der Waals surface area contributed by atoms with Crippen LogP contribution in [0.2, 0.25) is 0 Å². The minimum absolute atomic E-state index is 0.00709. The highest BCUT2D eigenvalue weighted by molar-refractivity contribution is 5.88. The van der Waals surface area contributed by atoms with Crippen LogP contribution >= 0.6 is 0 Å². The first kappa shape index (κ1) is 62.1. The first-order chi connectivity index (χ1) is 36.0. The molecule has 3 aromatic heterocycles. The predicted octanol–water partition coefficient (Wildman–Crippen LogP) is 4.45. The number of imidazole rings is 1. The van der Waals surface area contributed by atoms with Gasteiger partial charge in [0.1, 0.15) is 23.0 Å². The highest BCUT2D eigenvalue weighted by atomic mass is 19.1. The molecule has 23 heteroatoms. The Labute approximate surface area is 455 Å². The Morgan fingerprint density at radius 2 is 1.22 bits per heavy atom. The summed E-state index contributed by atoms with van der Waals surface area (Å²) in [5, 5.41) is 14.1. The largest absolute Gasteiger partial charge is 0.459 e. The second kappa shape index (κ2) is 27.2. The zero-order valence-electron chi connectivity index (χ0n) is 48.3. The van der Waals surface area contributed by atoms with Crippen LogP contribution in [0.5, 0.6) is 0 Å². The Bertz CT molecular complexity index is 2420. The number of nitrogens with zero attached hydrogens (tertiary/aromatic N) is 11. The van der Waals surface area contributed by atoms with Gasteiger partial charge in [0.25, 0.3) is 0 Å². The number of alkyl halides is 1. The van der Waals surface area contributed by atoms with E-state index in [1.807, 2.05) is 104 Å². The van der Waals surface area contributed by atoms with Gasteiger partial charge in [-0.25, -0.2) is 9.37 Å². The highest BCUT2D eigenvalue weighted by Crippen LogP contribution is 2.31. The van der Waals surface area contributed by atoms with Crippen molar-refractivity contribution in [3.63, 3.8) is 0 Å². The number of fused-ring (bicyclic) bond motifs is 1. The van der Waals surface area contributed by atoms with E-state index in [0.717, 1.165) is 36.7 Å². The van der Waals surface area contributed by atoms with E-state index in [2.05, 4.69) is 43.3 Å². The number of ether oxygens (including phenoxy) is 3. The zero-order valence-corrected chi connectivity index (χ0v) is 48.3. The van der Waals surface area contributed by atoms with Crippen molar-refractivity contribution in [2.24, 2.45) is 0 Å². The number of anilines is 3. The summed E-state index contributed by atoms with van der Waals surface area (Å²) in [7, 11) is 0. The molecule has 22 nitrogen and oxygen atoms in total. The van der Waals surface area contributed by atoms with Crippen molar-refractivity contribution in [3.8, 4) is 0 Å². The topological polar surface area (TPSA) is 227 Å². The van der Waals surface area contributed by atoms with Gasteiger partial charge in [0.15, 0.2) is 17.0 Å². The summed E-state index contributed by atoms with van der Waals surface area (Å²) in [6.07, 6.45) is 6.52. The number of hydrogen-bond donors (Lipinski definition) is 3. The van der Waals surface area contributed by atoms with Gasteiger partial charge < -0.3 is 39.6 Å². The molecule has 3 aromatic rings. The molecule has 2 aliphatic heterocycles. The van der Waals surface area contributed by atoms with Gasteiger partial charge in [-0.3, -0.25) is 48.3 Å². The van der Waals surface area contributed by atoms with E-state index >= 15 is 4.39 Å². The number of rotatable bonds is 20. The summed E-state index contributed by atoms with van der Waals surface area (Å²) in [5.41, 5.74) is 0.395. The third-order valence-electron chi connectivity index (χ3n) is 12.6. The number of carbonyl (C=O) groups excluding carboxylic acids is 5. The highest BCUT2D eigenvalue weighted by Gasteiger charge is 2.36. The molecule has 2 atom stereocenters. The summed E-state index contributed by atoms with van der Waals surface area (Å²) in [4.78, 5) is 89.2. The Hall–Kier alpha value is -5.78. The van der Waals surface area contributed by atoms with E-state index in [1.165, 1.54) is 0 Å². The number of hydrogen-bond acceptors (Lipinski definition) is 18. The molecule has 2 saturated heterocycles. The molecule has 0 aliphatic carbocycles. The first-order valence-electron chi connectivity index (χ1n) is 27.2. The summed E-state index contributed by atoms with van der Waals surface area (Å²) < 4.78 is 36.1. The second-order valence-corrected chi connectivity index (χ2v) is 24.1. The number of esters is 3. The fourth-order valence-electron chi connectivity index (χ4n) is 8.92. The van der Waals surface area contributed by atoms with E-state index in [0.29, 0.717) is 94.8 Å². The lowest BCUT2D eigenvalue weighted by Crippen LogP contribution is -2.50. The summed E-state index contributed by atoms with van der Waals surface area (Å²) in [5.74, 6) is -0.884. The number of unbranched alkanes of at least 4 members (excludes halogenated alkanes) is 2. The lowest BCUT2D eigenvalue weighted by atomic mass is 10.1. The van der Waals surface area contributed by atoms with Crippen LogP contribution in [0.15, 0.2) is 25.2 Å². The summed E-state index contributed by atoms with van der Waals surface area (Å²) >= 11 is 0. The minimum atomic E-state index is -1.32. The lowest BCUT2D eigenvalue weighted by Gasteiger charge is -2.34. The van der Waals surface area contributed by atoms with Gasteiger partial charge in [0, 0.05) is 83.7 Å². The van der Waals surface area contributed by atoms with Gasteiger partial charge in [-0.05, 0) is 115 Å². The molecule has 0 bridgehead atoms. The molecule has 0 aromatic carbocycles. The molecule has 2 aliphatic rings. The van der Waals surface area contributed by atoms with Gasteiger partial charge in [-0.15, -0.1) is 0 Å². The fraction of sp³-hybridized carbons (Fsp3) is 0.722. The molecule has 430 valence electrons. The minimum Gasteiger partial charge on any atom is -0.459 e. The molecule has 5 heterocycles. The van der Waals surface area contributed by atoms with E-state index in [9.17, 15) is 24.0 Å². The number of amides is 2. The van der Waals surface area contributed by atoms with Gasteiger partial charge in [-0.2, -0.15) is 15.1 Å². The SMILES string of the molecule is C=CC(=O)N[C@@H]1CN(c2nc(Nc3cn(CCCCCNC(=O)CN4CCN(CC(=O)OC(C)(C)C)CCN(CC(=O)OC(C)(C)C)CCN(CC(=O)OC(C)(C)C)CC4)nc3CC)c3ncn(C(C)(C)C)c3n2)C[C@H]1F. The molecule has 0 radical (unpaired) electrons. The van der Waals surface area contributed by atoms with Crippen LogP contribution in [0.3, 0.4) is 0 Å². The van der Waals surface area contributed by atoms with Crippen LogP contribution in [-0.4, -0.2) is 206 Å². The second-order valence-electron chi connectivity index (χ2n) is 24.1. The van der Waals surface area contributed by atoms with E-state index in [4.69, 9.17) is 34.3 Å². The molecule has 3 N–H and O–H groups in total. The van der Waals surface area contributed by atoms with Crippen molar-refractivity contribution in [1.82, 2.24) is 59.5 Å². The van der Waals surface area contributed by atoms with E-state index in [-0.39, 0.29) is 68.6 Å². The van der Waals surface area contributed by atoms with E-state index < -0.39 is 34.9 Å². The lowest BCUT2D eigenvalue weighted by molar-refractivity contribution is -0.158. The molecule has 0 unspecified atom stereocenters. The molecule has 0 spiro atoms. The molecule has 2 amide bonds. The van der Waals surface area contributed by atoms with Gasteiger partial charge in [0.2, 0.25) is 17.8 Å². The van der Waals surface area contributed by atoms with Crippen LogP contribution in [-0.2, 0) is 56.7 Å². The Morgan fingerprint density at radius 1 is 0.714 bits per heavy atom. The van der Waals surface area contributed by atoms with Crippen molar-refractivity contribution in [1.29, 1.82) is 0 Å². The van der Waals surface area contributed by atoms with Crippen molar-refractivity contribution in [2.75, 3.05) is 108 Å². The first-order valence-corrected chi connectivity index (χ1v) is 27.2. The maximum Gasteiger partial charge on any atom is 0.320 e. The fourth-order valence-corrected chi connectivity index (χ4v) is 8.92. The molecule has 0 saturated carbocycles. The molecule has 2 fully saturated rings. The predicted molar refractivity (Wildman–Crippen MR) is 295 cm³/mol. The third kappa shape index (κ3) is 20.8. The standard InChI is InChI=1S/C54H89FN14O8/c1-15-39-41(59-48-47-49(69(37-57-47)51(3,4)5)61-50(60-48)67-30-38(55)40(31-67)58-42(70)16-2)32-68(62-39)21-19-17-18-20-56-43(71)33-63-22-24-64(34-44(72)75-52(6,7)8)26-28-66(36-46(74)77-54(12,13)14)29-27-65(25-23-63)35-45(73)76-53(9,10)11/h16,32,37-38,40H,2,15,17-31,33-36H2,1,3-14H3,(H,56,71)(H,58,70)(H,59,60,61)/t38-,40-/m1/s1. The van der Waals surface area contributed by atoms with Crippen LogP contribution in [0, 0.1) is 0 Å². The Morgan fingerprint density at radius 3 is 1.69 bits per heavy atom. The van der Waals surface area contributed by atoms with E-state index in [1.54, 1.807) is 11.2 Å². The van der Waals surface area contributed by atoms with Crippen molar-refractivity contribution >= 4 is 58.3 Å². The van der Waals surface area contributed by atoms with Gasteiger partial charge in [0.05, 0.1) is 56.5 Å². The molecular formula is C54H89FN14O8. The number of halogens is 1. The number of aromatic nitrogens is 6. The normalized spacial score (nSPS) is 18.3. The molecule has 5 rings (SSSR count). The Kier molecular flexibility index (Phi) is 21.9. The summed E-state index contributed by atoms with van der Waals surface area (Å²) in [6.45, 7) is 33.3. The number of aryl methyl sites for hydroxylation is 2. The monoisotopic (exact) mass is 1080 g/mol. The van der Waals surface area contributed by atoms with Gasteiger partial charge in [-0.1, -0.05) is 13.5 Å². The van der Waals surface area contributed by atoms with Crippen molar-refractivity contribution in [3.05, 3.63) is 30.9 Å². The molecule has 77 heavy (non-hydrogen) atoms. The molecular weight excluding hydrogens is 992 g/mol. The van der Waals surface area contributed by atoms with Crippen LogP contribution in [0.4, 0.5) is 21.8 Å². The van der Waals surface area contributed by atoms with Crippen LogP contribution in [0.1, 0.15) is 115 Å². The van der Waals surface area contributed by atoms with Crippen molar-refractivity contribution in [2.45, 2.75) is 157 Å².